The molecule has 4 N–H and O–H groups in total. The molecule has 1 aromatic rings. The van der Waals surface area contributed by atoms with E-state index in [1.807, 2.05) is 0 Å². The molecular formula is C10H12N4O3. The summed E-state index contributed by atoms with van der Waals surface area (Å²) in [6.45, 7) is 0.767. The van der Waals surface area contributed by atoms with Gasteiger partial charge in [-0.25, -0.2) is 9.78 Å². The number of carbonyl (C=O) groups excluding carboxylic acids is 2. The Hall–Kier alpha value is -2.31. The van der Waals surface area contributed by atoms with Crippen LogP contribution < -0.4 is 11.1 Å². The van der Waals surface area contributed by atoms with Gasteiger partial charge in [-0.2, -0.15) is 0 Å². The van der Waals surface area contributed by atoms with E-state index in [4.69, 9.17) is 5.73 Å². The molecule has 2 rings (SSSR count). The minimum Gasteiger partial charge on any atom is -0.505 e. The van der Waals surface area contributed by atoms with E-state index in [0.717, 1.165) is 0 Å². The number of aromatic nitrogens is 1. The molecule has 0 saturated carbocycles. The molecule has 0 aliphatic carbocycles. The summed E-state index contributed by atoms with van der Waals surface area (Å²) >= 11 is 0. The number of nitrogens with zero attached hydrogens (tertiary/aromatic N) is 2. The van der Waals surface area contributed by atoms with Crippen molar-refractivity contribution in [2.75, 3.05) is 13.1 Å². The van der Waals surface area contributed by atoms with Crippen molar-refractivity contribution in [3.63, 3.8) is 0 Å². The van der Waals surface area contributed by atoms with E-state index in [1.165, 1.54) is 23.2 Å². The zero-order chi connectivity index (χ0) is 12.4. The zero-order valence-electron chi connectivity index (χ0n) is 8.96. The number of likely N-dealkylation sites (tertiary alicyclic amines) is 1. The Morgan fingerprint density at radius 3 is 2.82 bits per heavy atom. The standard InChI is InChI=1S/C10H12N4O3/c11-10(17)14-4-6(5-14)13-9(16)8-7(15)2-1-3-12-8/h1-3,6,15H,4-5H2,(H2,11,17)(H,13,16). The summed E-state index contributed by atoms with van der Waals surface area (Å²) in [4.78, 5) is 27.6. The molecule has 1 aromatic heterocycles. The van der Waals surface area contributed by atoms with Gasteiger partial charge in [-0.05, 0) is 12.1 Å². The topological polar surface area (TPSA) is 109 Å². The molecule has 1 aliphatic heterocycles. The third-order valence-electron chi connectivity index (χ3n) is 2.53. The van der Waals surface area contributed by atoms with Crippen molar-refractivity contribution in [1.82, 2.24) is 15.2 Å². The van der Waals surface area contributed by atoms with E-state index in [-0.39, 0.29) is 17.5 Å². The molecule has 0 radical (unpaired) electrons. The second kappa shape index (κ2) is 4.28. The molecule has 17 heavy (non-hydrogen) atoms. The Kier molecular flexibility index (Phi) is 2.82. The number of carbonyl (C=O) groups is 2. The third kappa shape index (κ3) is 2.27. The molecule has 0 unspecified atom stereocenters. The third-order valence-corrected chi connectivity index (χ3v) is 2.53. The van der Waals surface area contributed by atoms with Crippen LogP contribution in [0.2, 0.25) is 0 Å². The van der Waals surface area contributed by atoms with Gasteiger partial charge in [0.05, 0.1) is 6.04 Å². The van der Waals surface area contributed by atoms with Crippen LogP contribution in [0.4, 0.5) is 4.79 Å². The molecule has 0 spiro atoms. The molecule has 90 valence electrons. The number of aromatic hydroxyl groups is 1. The number of pyridine rings is 1. The highest BCUT2D eigenvalue weighted by Crippen LogP contribution is 2.14. The fourth-order valence-corrected chi connectivity index (χ4v) is 1.58. The first kappa shape index (κ1) is 11.2. The molecule has 1 saturated heterocycles. The highest BCUT2D eigenvalue weighted by atomic mass is 16.3. The van der Waals surface area contributed by atoms with Gasteiger partial charge < -0.3 is 21.1 Å². The van der Waals surface area contributed by atoms with Crippen LogP contribution in [0.15, 0.2) is 18.3 Å². The fraction of sp³-hybridized carbons (Fsp3) is 0.300. The van der Waals surface area contributed by atoms with Gasteiger partial charge in [0.2, 0.25) is 0 Å². The number of nitrogens with one attached hydrogen (secondary N) is 1. The summed E-state index contributed by atoms with van der Waals surface area (Å²) < 4.78 is 0. The van der Waals surface area contributed by atoms with Crippen molar-refractivity contribution in [2.24, 2.45) is 5.73 Å². The molecule has 7 heteroatoms. The number of primary amides is 1. The van der Waals surface area contributed by atoms with Crippen LogP contribution in [-0.4, -0.2) is 46.1 Å². The lowest BCUT2D eigenvalue weighted by molar-refractivity contribution is 0.0853. The van der Waals surface area contributed by atoms with Crippen molar-refractivity contribution in [3.8, 4) is 5.75 Å². The van der Waals surface area contributed by atoms with Crippen LogP contribution in [-0.2, 0) is 0 Å². The Balaban J connectivity index is 1.92. The van der Waals surface area contributed by atoms with Gasteiger partial charge in [0.25, 0.3) is 5.91 Å². The largest absolute Gasteiger partial charge is 0.505 e. The quantitative estimate of drug-likeness (QED) is 0.629. The number of rotatable bonds is 2. The summed E-state index contributed by atoms with van der Waals surface area (Å²) in [5.74, 6) is -0.631. The van der Waals surface area contributed by atoms with Crippen molar-refractivity contribution >= 4 is 11.9 Å². The average Bonchev–Trinajstić information content (AvgIpc) is 2.22. The Labute approximate surface area is 97.2 Å². The van der Waals surface area contributed by atoms with Gasteiger partial charge >= 0.3 is 6.03 Å². The number of amides is 3. The lowest BCUT2D eigenvalue weighted by Crippen LogP contribution is -2.62. The van der Waals surface area contributed by atoms with Gasteiger partial charge in [0, 0.05) is 19.3 Å². The highest BCUT2D eigenvalue weighted by molar-refractivity contribution is 5.95. The second-order valence-corrected chi connectivity index (χ2v) is 3.78. The Bertz CT molecular complexity index is 457. The number of hydrogen-bond acceptors (Lipinski definition) is 4. The molecule has 3 amide bonds. The number of nitrogens with two attached hydrogens (primary N) is 1. The highest BCUT2D eigenvalue weighted by Gasteiger charge is 2.31. The minimum absolute atomic E-state index is 0.0231. The average molecular weight is 236 g/mol. The van der Waals surface area contributed by atoms with Crippen LogP contribution in [0, 0.1) is 0 Å². The maximum atomic E-state index is 11.7. The molecule has 2 heterocycles. The monoisotopic (exact) mass is 236 g/mol. The van der Waals surface area contributed by atoms with Gasteiger partial charge in [-0.3, -0.25) is 4.79 Å². The van der Waals surface area contributed by atoms with Gasteiger partial charge in [0.1, 0.15) is 5.75 Å². The van der Waals surface area contributed by atoms with E-state index in [1.54, 1.807) is 0 Å². The molecule has 0 atom stereocenters. The van der Waals surface area contributed by atoms with Crippen molar-refractivity contribution < 1.29 is 14.7 Å². The van der Waals surface area contributed by atoms with E-state index in [9.17, 15) is 14.7 Å². The summed E-state index contributed by atoms with van der Waals surface area (Å²) in [5, 5.41) is 12.1. The van der Waals surface area contributed by atoms with Crippen LogP contribution in [0.3, 0.4) is 0 Å². The molecule has 0 bridgehead atoms. The van der Waals surface area contributed by atoms with Gasteiger partial charge in [-0.1, -0.05) is 0 Å². The lowest BCUT2D eigenvalue weighted by Gasteiger charge is -2.38. The molecule has 1 aliphatic rings. The predicted molar refractivity (Wildman–Crippen MR) is 58.3 cm³/mol. The number of hydrogen-bond donors (Lipinski definition) is 3. The summed E-state index contributed by atoms with van der Waals surface area (Å²) in [7, 11) is 0. The SMILES string of the molecule is NC(=O)N1CC(NC(=O)c2ncccc2O)C1. The Morgan fingerprint density at radius 1 is 1.53 bits per heavy atom. The normalized spacial score (nSPS) is 15.2. The molecule has 1 fully saturated rings. The van der Waals surface area contributed by atoms with Crippen molar-refractivity contribution in [3.05, 3.63) is 24.0 Å². The first-order chi connectivity index (χ1) is 8.08. The molecule has 7 nitrogen and oxygen atoms in total. The first-order valence-electron chi connectivity index (χ1n) is 5.07. The first-order valence-corrected chi connectivity index (χ1v) is 5.07. The predicted octanol–water partition coefficient (Wildman–Crippen LogP) is -0.720. The summed E-state index contributed by atoms with van der Waals surface area (Å²) in [6.07, 6.45) is 1.42. The van der Waals surface area contributed by atoms with Crippen LogP contribution in [0.25, 0.3) is 0 Å². The van der Waals surface area contributed by atoms with Crippen LogP contribution in [0.5, 0.6) is 5.75 Å². The number of urea groups is 1. The smallest absolute Gasteiger partial charge is 0.314 e. The Morgan fingerprint density at radius 2 is 2.24 bits per heavy atom. The van der Waals surface area contributed by atoms with Crippen LogP contribution >= 0.6 is 0 Å². The maximum absolute atomic E-state index is 11.7. The van der Waals surface area contributed by atoms with Crippen molar-refractivity contribution in [2.45, 2.75) is 6.04 Å². The van der Waals surface area contributed by atoms with E-state index >= 15 is 0 Å². The molecular weight excluding hydrogens is 224 g/mol. The second-order valence-electron chi connectivity index (χ2n) is 3.78. The summed E-state index contributed by atoms with van der Waals surface area (Å²) in [5.41, 5.74) is 5.02. The maximum Gasteiger partial charge on any atom is 0.314 e. The van der Waals surface area contributed by atoms with Gasteiger partial charge in [-0.15, -0.1) is 0 Å². The lowest BCUT2D eigenvalue weighted by atomic mass is 10.1. The van der Waals surface area contributed by atoms with Gasteiger partial charge in [0.15, 0.2) is 5.69 Å². The molecule has 0 aromatic carbocycles. The fourth-order valence-electron chi connectivity index (χ4n) is 1.58. The summed E-state index contributed by atoms with van der Waals surface area (Å²) in [6, 6.07) is 2.27. The van der Waals surface area contributed by atoms with E-state index in [0.29, 0.717) is 13.1 Å². The zero-order valence-corrected chi connectivity index (χ0v) is 8.96. The van der Waals surface area contributed by atoms with E-state index in [2.05, 4.69) is 10.3 Å². The van der Waals surface area contributed by atoms with E-state index < -0.39 is 11.9 Å². The minimum atomic E-state index is -0.504. The van der Waals surface area contributed by atoms with Crippen molar-refractivity contribution in [1.29, 1.82) is 0 Å². The van der Waals surface area contributed by atoms with Crippen LogP contribution in [0.1, 0.15) is 10.5 Å².